The second-order valence-electron chi connectivity index (χ2n) is 4.20. The lowest BCUT2D eigenvalue weighted by atomic mass is 10.0. The second kappa shape index (κ2) is 7.30. The Hall–Kier alpha value is -0.120. The first kappa shape index (κ1) is 12.9. The number of rotatable bonds is 7. The highest BCUT2D eigenvalue weighted by molar-refractivity contribution is 4.66. The minimum absolute atomic E-state index is 0.298. The molecule has 0 aromatic carbocycles. The van der Waals surface area contributed by atoms with Crippen LogP contribution in [0.3, 0.4) is 0 Å². The van der Waals surface area contributed by atoms with Crippen molar-refractivity contribution in [3.63, 3.8) is 0 Å². The molecule has 0 amide bonds. The number of hydrogen-bond donors (Lipinski definition) is 3. The normalized spacial score (nSPS) is 18.2. The molecule has 3 nitrogen and oxygen atoms in total. The fourth-order valence-corrected chi connectivity index (χ4v) is 1.34. The summed E-state index contributed by atoms with van der Waals surface area (Å²) in [5, 5.41) is 3.44. The molecule has 0 aliphatic heterocycles. The molecule has 13 heavy (non-hydrogen) atoms. The van der Waals surface area contributed by atoms with Gasteiger partial charge in [0, 0.05) is 12.1 Å². The maximum Gasteiger partial charge on any atom is 0.00417 e. The molecule has 3 unspecified atom stereocenters. The molecule has 0 heterocycles. The van der Waals surface area contributed by atoms with Gasteiger partial charge in [0.1, 0.15) is 0 Å². The summed E-state index contributed by atoms with van der Waals surface area (Å²) in [5.74, 6) is 0.609. The van der Waals surface area contributed by atoms with Crippen molar-refractivity contribution in [2.75, 3.05) is 13.1 Å². The van der Waals surface area contributed by atoms with Crippen LogP contribution < -0.4 is 16.8 Å². The van der Waals surface area contributed by atoms with E-state index < -0.39 is 0 Å². The van der Waals surface area contributed by atoms with E-state index in [-0.39, 0.29) is 0 Å². The fourth-order valence-electron chi connectivity index (χ4n) is 1.34. The molecule has 3 atom stereocenters. The molecule has 0 bridgehead atoms. The van der Waals surface area contributed by atoms with Gasteiger partial charge in [-0.25, -0.2) is 0 Å². The van der Waals surface area contributed by atoms with Crippen LogP contribution in [0.1, 0.15) is 33.6 Å². The van der Waals surface area contributed by atoms with Crippen LogP contribution in [0.5, 0.6) is 0 Å². The zero-order valence-corrected chi connectivity index (χ0v) is 9.22. The van der Waals surface area contributed by atoms with E-state index in [1.54, 1.807) is 0 Å². The van der Waals surface area contributed by atoms with Gasteiger partial charge in [-0.05, 0) is 45.7 Å². The second-order valence-corrected chi connectivity index (χ2v) is 4.20. The van der Waals surface area contributed by atoms with Gasteiger partial charge in [0.05, 0.1) is 0 Å². The minimum atomic E-state index is 0.298. The van der Waals surface area contributed by atoms with Crippen LogP contribution in [0.4, 0.5) is 0 Å². The molecule has 0 rings (SSSR count). The van der Waals surface area contributed by atoms with Gasteiger partial charge in [0.2, 0.25) is 0 Å². The summed E-state index contributed by atoms with van der Waals surface area (Å²) in [6, 6.07) is 0.851. The van der Waals surface area contributed by atoms with E-state index in [0.29, 0.717) is 18.0 Å². The minimum Gasteiger partial charge on any atom is -0.330 e. The van der Waals surface area contributed by atoms with E-state index >= 15 is 0 Å². The van der Waals surface area contributed by atoms with Gasteiger partial charge in [0.25, 0.3) is 0 Å². The Labute approximate surface area is 82.3 Å². The highest BCUT2D eigenvalue weighted by Gasteiger charge is 2.06. The standard InChI is InChI=1S/C10H25N3/c1-8(7-11)6-10(3)13-5-4-9(2)12/h8-10,13H,4-7,11-12H2,1-3H3. The lowest BCUT2D eigenvalue weighted by molar-refractivity contribution is 0.419. The summed E-state index contributed by atoms with van der Waals surface area (Å²) in [4.78, 5) is 0. The first-order chi connectivity index (χ1) is 6.06. The SMILES string of the molecule is CC(N)CCNC(C)CC(C)CN. The quantitative estimate of drug-likeness (QED) is 0.549. The highest BCUT2D eigenvalue weighted by atomic mass is 14.9. The Kier molecular flexibility index (Phi) is 7.23. The van der Waals surface area contributed by atoms with Gasteiger partial charge in [-0.15, -0.1) is 0 Å². The topological polar surface area (TPSA) is 64.1 Å². The van der Waals surface area contributed by atoms with Crippen molar-refractivity contribution in [3.05, 3.63) is 0 Å². The Morgan fingerprint density at radius 1 is 1.23 bits per heavy atom. The number of nitrogens with two attached hydrogens (primary N) is 2. The van der Waals surface area contributed by atoms with Crippen LogP contribution in [0, 0.1) is 5.92 Å². The van der Waals surface area contributed by atoms with Crippen molar-refractivity contribution in [3.8, 4) is 0 Å². The zero-order valence-electron chi connectivity index (χ0n) is 9.22. The van der Waals surface area contributed by atoms with Crippen molar-refractivity contribution in [1.29, 1.82) is 0 Å². The van der Waals surface area contributed by atoms with Gasteiger partial charge in [-0.2, -0.15) is 0 Å². The average molecular weight is 187 g/mol. The van der Waals surface area contributed by atoms with Crippen molar-refractivity contribution < 1.29 is 0 Å². The smallest absolute Gasteiger partial charge is 0.00417 e. The Balaban J connectivity index is 3.34. The zero-order chi connectivity index (χ0) is 10.3. The number of nitrogens with one attached hydrogen (secondary N) is 1. The van der Waals surface area contributed by atoms with Crippen molar-refractivity contribution >= 4 is 0 Å². The third-order valence-electron chi connectivity index (χ3n) is 2.25. The van der Waals surface area contributed by atoms with Crippen LogP contribution in [0.2, 0.25) is 0 Å². The highest BCUT2D eigenvalue weighted by Crippen LogP contribution is 2.03. The van der Waals surface area contributed by atoms with E-state index in [1.165, 1.54) is 0 Å². The summed E-state index contributed by atoms with van der Waals surface area (Å²) in [5.41, 5.74) is 11.2. The summed E-state index contributed by atoms with van der Waals surface area (Å²) < 4.78 is 0. The average Bonchev–Trinajstić information content (AvgIpc) is 2.03. The molecule has 80 valence electrons. The molecular formula is C10H25N3. The molecule has 0 aliphatic rings. The lowest BCUT2D eigenvalue weighted by Gasteiger charge is -2.17. The molecule has 3 heteroatoms. The maximum atomic E-state index is 5.65. The van der Waals surface area contributed by atoms with E-state index in [0.717, 1.165) is 25.9 Å². The van der Waals surface area contributed by atoms with Crippen LogP contribution in [0.25, 0.3) is 0 Å². The molecule has 0 spiro atoms. The molecule has 0 radical (unpaired) electrons. The molecule has 5 N–H and O–H groups in total. The largest absolute Gasteiger partial charge is 0.330 e. The van der Waals surface area contributed by atoms with E-state index in [9.17, 15) is 0 Å². The van der Waals surface area contributed by atoms with E-state index in [1.807, 2.05) is 6.92 Å². The third-order valence-corrected chi connectivity index (χ3v) is 2.25. The molecule has 0 saturated heterocycles. The van der Waals surface area contributed by atoms with Gasteiger partial charge < -0.3 is 16.8 Å². The summed E-state index contributed by atoms with van der Waals surface area (Å²) in [7, 11) is 0. The van der Waals surface area contributed by atoms with E-state index in [4.69, 9.17) is 11.5 Å². The van der Waals surface area contributed by atoms with E-state index in [2.05, 4.69) is 19.2 Å². The maximum absolute atomic E-state index is 5.65. The molecule has 0 aromatic rings. The fraction of sp³-hybridized carbons (Fsp3) is 1.00. The van der Waals surface area contributed by atoms with Gasteiger partial charge in [-0.1, -0.05) is 6.92 Å². The summed E-state index contributed by atoms with van der Waals surface area (Å²) in [6.45, 7) is 8.21. The molecule has 0 fully saturated rings. The summed E-state index contributed by atoms with van der Waals surface area (Å²) in [6.07, 6.45) is 2.19. The third kappa shape index (κ3) is 8.22. The van der Waals surface area contributed by atoms with Crippen LogP contribution >= 0.6 is 0 Å². The molecule has 0 aromatic heterocycles. The van der Waals surface area contributed by atoms with Gasteiger partial charge >= 0.3 is 0 Å². The van der Waals surface area contributed by atoms with Gasteiger partial charge in [-0.3, -0.25) is 0 Å². The Morgan fingerprint density at radius 2 is 1.85 bits per heavy atom. The predicted octanol–water partition coefficient (Wildman–Crippen LogP) is 0.687. The Bertz CT molecular complexity index is 115. The number of hydrogen-bond acceptors (Lipinski definition) is 3. The summed E-state index contributed by atoms with van der Waals surface area (Å²) >= 11 is 0. The van der Waals surface area contributed by atoms with Crippen LogP contribution in [-0.2, 0) is 0 Å². The first-order valence-corrected chi connectivity index (χ1v) is 5.25. The monoisotopic (exact) mass is 187 g/mol. The lowest BCUT2D eigenvalue weighted by Crippen LogP contribution is -2.32. The van der Waals surface area contributed by atoms with Gasteiger partial charge in [0.15, 0.2) is 0 Å². The molecule has 0 aliphatic carbocycles. The Morgan fingerprint density at radius 3 is 2.31 bits per heavy atom. The molecular weight excluding hydrogens is 162 g/mol. The van der Waals surface area contributed by atoms with Crippen molar-refractivity contribution in [2.24, 2.45) is 17.4 Å². The molecule has 0 saturated carbocycles. The van der Waals surface area contributed by atoms with Crippen LogP contribution in [0.15, 0.2) is 0 Å². The van der Waals surface area contributed by atoms with Crippen molar-refractivity contribution in [1.82, 2.24) is 5.32 Å². The van der Waals surface area contributed by atoms with Crippen molar-refractivity contribution in [2.45, 2.75) is 45.7 Å². The van der Waals surface area contributed by atoms with Crippen LogP contribution in [-0.4, -0.2) is 25.2 Å². The predicted molar refractivity (Wildman–Crippen MR) is 58.6 cm³/mol. The first-order valence-electron chi connectivity index (χ1n) is 5.25.